The summed E-state index contributed by atoms with van der Waals surface area (Å²) >= 11 is 0. The molecule has 13 heavy (non-hydrogen) atoms. The van der Waals surface area contributed by atoms with Crippen molar-refractivity contribution >= 4 is 11.9 Å². The summed E-state index contributed by atoms with van der Waals surface area (Å²) in [6.07, 6.45) is -0.0397. The van der Waals surface area contributed by atoms with Crippen molar-refractivity contribution in [2.24, 2.45) is 5.73 Å². The lowest BCUT2D eigenvalue weighted by molar-refractivity contribution is -0.143. The third-order valence-corrected chi connectivity index (χ3v) is 1.60. The zero-order valence-corrected chi connectivity index (χ0v) is 7.53. The van der Waals surface area contributed by atoms with Crippen LogP contribution in [0.2, 0.25) is 1.41 Å². The van der Waals surface area contributed by atoms with Gasteiger partial charge in [0, 0.05) is 0 Å². The predicted molar refractivity (Wildman–Crippen MR) is 45.1 cm³/mol. The summed E-state index contributed by atoms with van der Waals surface area (Å²) in [6, 6.07) is -1.81. The fourth-order valence-corrected chi connectivity index (χ4v) is 0.816. The standard InChI is InChI=1S/C7H14N2O4/c1-9-5(6(10)11)3-4(8)7(12)13-2/h4-5,9H,3,8H2,1-2H3,(H,10,11)/i/hD. The van der Waals surface area contributed by atoms with Gasteiger partial charge in [-0.15, -0.1) is 0 Å². The molecule has 0 fully saturated rings. The van der Waals surface area contributed by atoms with Gasteiger partial charge in [-0.3, -0.25) is 9.59 Å². The molecule has 76 valence electrons. The van der Waals surface area contributed by atoms with Crippen molar-refractivity contribution in [2.45, 2.75) is 18.5 Å². The van der Waals surface area contributed by atoms with Crippen molar-refractivity contribution in [2.75, 3.05) is 14.2 Å². The topological polar surface area (TPSA) is 102 Å². The molecule has 0 rings (SSSR count). The highest BCUT2D eigenvalue weighted by Gasteiger charge is 2.23. The molecule has 0 aromatic carbocycles. The minimum atomic E-state index is -1.07. The van der Waals surface area contributed by atoms with Crippen LogP contribution >= 0.6 is 0 Å². The van der Waals surface area contributed by atoms with Crippen LogP contribution in [-0.2, 0) is 14.3 Å². The van der Waals surface area contributed by atoms with Crippen LogP contribution in [0.15, 0.2) is 0 Å². The quantitative estimate of drug-likeness (QED) is 0.444. The number of esters is 1. The maximum Gasteiger partial charge on any atom is 0.322 e. The Balaban J connectivity index is 4.28. The van der Waals surface area contributed by atoms with Crippen LogP contribution in [0.3, 0.4) is 0 Å². The van der Waals surface area contributed by atoms with E-state index >= 15 is 0 Å². The number of hydrogen-bond acceptors (Lipinski definition) is 5. The Morgan fingerprint density at radius 1 is 1.77 bits per heavy atom. The Bertz CT molecular complexity index is 212. The highest BCUT2D eigenvalue weighted by Crippen LogP contribution is 1.97. The van der Waals surface area contributed by atoms with Crippen LogP contribution in [-0.4, -0.2) is 43.3 Å². The van der Waals surface area contributed by atoms with E-state index in [1.165, 1.54) is 14.2 Å². The van der Waals surface area contributed by atoms with Gasteiger partial charge in [-0.2, -0.15) is 0 Å². The van der Waals surface area contributed by atoms with E-state index in [0.717, 1.165) is 0 Å². The summed E-state index contributed by atoms with van der Waals surface area (Å²) in [5, 5.41) is 11.2. The Morgan fingerprint density at radius 2 is 2.38 bits per heavy atom. The minimum absolute atomic E-state index is 0.0397. The maximum atomic E-state index is 11.0. The summed E-state index contributed by atoms with van der Waals surface area (Å²) < 4.78 is 11.2. The number of likely N-dealkylation sites (N-methyl/N-ethyl adjacent to an activating group) is 1. The van der Waals surface area contributed by atoms with Gasteiger partial charge in [0.2, 0.25) is 0 Å². The number of hydrogen-bond donors (Lipinski definition) is 3. The molecule has 2 unspecified atom stereocenters. The lowest BCUT2D eigenvalue weighted by Gasteiger charge is -2.14. The molecule has 0 aliphatic heterocycles. The van der Waals surface area contributed by atoms with Gasteiger partial charge in [-0.25, -0.2) is 0 Å². The normalized spacial score (nSPS) is 15.7. The molecule has 6 nitrogen and oxygen atoms in total. The fraction of sp³-hybridized carbons (Fsp3) is 0.714. The second-order valence-electron chi connectivity index (χ2n) is 2.49. The first kappa shape index (κ1) is 9.94. The predicted octanol–water partition coefficient (Wildman–Crippen LogP) is -1.45. The van der Waals surface area contributed by atoms with Crippen molar-refractivity contribution in [1.29, 1.82) is 0 Å². The molecule has 0 heterocycles. The first-order valence-electron chi connectivity index (χ1n) is 4.22. The van der Waals surface area contributed by atoms with Gasteiger partial charge in [-0.05, 0) is 13.5 Å². The number of nitrogens with two attached hydrogens (primary N) is 1. The molecule has 0 aliphatic carbocycles. The van der Waals surface area contributed by atoms with Crippen molar-refractivity contribution in [3.8, 4) is 0 Å². The molecular weight excluding hydrogens is 176 g/mol. The van der Waals surface area contributed by atoms with Crippen molar-refractivity contribution in [3.63, 3.8) is 0 Å². The number of methoxy groups -OCH3 is 1. The Labute approximate surface area is 77.5 Å². The minimum Gasteiger partial charge on any atom is -0.480 e. The van der Waals surface area contributed by atoms with Gasteiger partial charge in [0.15, 0.2) is 0 Å². The van der Waals surface area contributed by atoms with Crippen LogP contribution in [0, 0.1) is 0 Å². The maximum absolute atomic E-state index is 11.0. The number of rotatable bonds is 6. The number of aliphatic carboxylic acids is 1. The molecule has 0 aromatic rings. The molecule has 2 atom stereocenters. The van der Waals surface area contributed by atoms with Crippen LogP contribution in [0.5, 0.6) is 0 Å². The van der Waals surface area contributed by atoms with E-state index in [1.54, 1.807) is 0 Å². The third-order valence-electron chi connectivity index (χ3n) is 1.60. The van der Waals surface area contributed by atoms with Crippen molar-refractivity contribution in [1.82, 2.24) is 5.32 Å². The Kier molecular flexibility index (Phi) is 4.20. The second kappa shape index (κ2) is 5.50. The van der Waals surface area contributed by atoms with Gasteiger partial charge in [0.05, 0.1) is 7.11 Å². The third kappa shape index (κ3) is 3.86. The molecule has 0 spiro atoms. The second-order valence-corrected chi connectivity index (χ2v) is 2.49. The van der Waals surface area contributed by atoms with E-state index in [9.17, 15) is 9.59 Å². The first-order valence-corrected chi connectivity index (χ1v) is 3.72. The monoisotopic (exact) mass is 191 g/mol. The summed E-state index contributed by atoms with van der Waals surface area (Å²) in [5.41, 5.74) is 1.94. The molecule has 0 aromatic heterocycles. The van der Waals surface area contributed by atoms with Gasteiger partial charge in [-0.1, -0.05) is 0 Å². The molecule has 0 amide bonds. The number of carboxylic acid groups (broad SMARTS) is 1. The highest BCUT2D eigenvalue weighted by molar-refractivity contribution is 5.78. The number of carboxylic acids is 1. The zero-order valence-electron chi connectivity index (χ0n) is 8.53. The van der Waals surface area contributed by atoms with Crippen molar-refractivity contribution in [3.05, 3.63) is 0 Å². The van der Waals surface area contributed by atoms with E-state index in [4.69, 9.17) is 6.52 Å². The van der Waals surface area contributed by atoms with Gasteiger partial charge >= 0.3 is 11.9 Å². The molecule has 6 heteroatoms. The first-order chi connectivity index (χ1) is 6.56. The number of nitrogens with one attached hydrogen (secondary N) is 1. The molecule has 0 saturated heterocycles. The van der Waals surface area contributed by atoms with Gasteiger partial charge in [0.1, 0.15) is 13.5 Å². The number of ether oxygens (including phenoxy) is 1. The van der Waals surface area contributed by atoms with Crippen LogP contribution in [0.1, 0.15) is 6.42 Å². The van der Waals surface area contributed by atoms with Crippen molar-refractivity contribution < 1.29 is 20.8 Å². The van der Waals surface area contributed by atoms with E-state index in [-0.39, 0.29) is 6.42 Å². The summed E-state index contributed by atoms with van der Waals surface area (Å²) in [4.78, 5) is 21.6. The molecule has 0 aliphatic rings. The molecule has 0 saturated carbocycles. The average molecular weight is 191 g/mol. The lowest BCUT2D eigenvalue weighted by Crippen LogP contribution is -2.43. The van der Waals surface area contributed by atoms with E-state index in [0.29, 0.717) is 0 Å². The van der Waals surface area contributed by atoms with Crippen LogP contribution in [0.4, 0.5) is 0 Å². The van der Waals surface area contributed by atoms with E-state index in [2.05, 4.69) is 10.1 Å². The molecular formula is C7H14N2O4. The zero-order chi connectivity index (χ0) is 11.1. The molecule has 0 bridgehead atoms. The summed E-state index contributed by atoms with van der Waals surface area (Å²) in [7, 11) is 2.65. The largest absolute Gasteiger partial charge is 0.480 e. The smallest absolute Gasteiger partial charge is 0.322 e. The number of carbonyl (C=O) groups is 2. The van der Waals surface area contributed by atoms with E-state index < -0.39 is 24.0 Å². The Hall–Kier alpha value is -1.14. The number of carbonyl (C=O) groups excluding carboxylic acids is 1. The lowest BCUT2D eigenvalue weighted by atomic mass is 10.1. The SMILES string of the molecule is [2H]NC(CC(NC)C(=O)O)C(=O)OC. The van der Waals surface area contributed by atoms with Crippen LogP contribution in [0.25, 0.3) is 0 Å². The average Bonchev–Trinajstić information content (AvgIpc) is 2.18. The summed E-state index contributed by atoms with van der Waals surface area (Å²) in [6.45, 7) is 0. The van der Waals surface area contributed by atoms with Gasteiger partial charge in [0.25, 0.3) is 0 Å². The molecule has 0 radical (unpaired) electrons. The van der Waals surface area contributed by atoms with Crippen LogP contribution < -0.4 is 11.0 Å². The van der Waals surface area contributed by atoms with Gasteiger partial charge < -0.3 is 20.9 Å². The fourth-order valence-electron chi connectivity index (χ4n) is 0.816. The molecule has 4 N–H and O–H groups in total. The summed E-state index contributed by atoms with van der Waals surface area (Å²) in [5.74, 6) is -1.72. The Morgan fingerprint density at radius 3 is 2.69 bits per heavy atom. The highest BCUT2D eigenvalue weighted by atomic mass is 16.5. The van der Waals surface area contributed by atoms with E-state index in [1.807, 2.05) is 5.73 Å².